The van der Waals surface area contributed by atoms with Gasteiger partial charge in [0, 0.05) is 6.04 Å². The van der Waals surface area contributed by atoms with Crippen LogP contribution in [0.5, 0.6) is 0 Å². The van der Waals surface area contributed by atoms with E-state index in [0.29, 0.717) is 5.41 Å². The SMILES string of the molecule is CC(C)(C)CCC1CCCCC1CNC1CC1. The quantitative estimate of drug-likeness (QED) is 0.748. The standard InChI is InChI=1S/C16H31N/c1-16(2,3)11-10-13-6-4-5-7-14(13)12-17-15-8-9-15/h13-15,17H,4-12H2,1-3H3. The average molecular weight is 237 g/mol. The highest BCUT2D eigenvalue weighted by atomic mass is 14.9. The van der Waals surface area contributed by atoms with Crippen LogP contribution in [0.4, 0.5) is 0 Å². The minimum absolute atomic E-state index is 0.520. The summed E-state index contributed by atoms with van der Waals surface area (Å²) < 4.78 is 0. The van der Waals surface area contributed by atoms with E-state index in [4.69, 9.17) is 0 Å². The minimum Gasteiger partial charge on any atom is -0.314 e. The predicted molar refractivity (Wildman–Crippen MR) is 75.2 cm³/mol. The number of nitrogens with one attached hydrogen (secondary N) is 1. The first-order chi connectivity index (χ1) is 8.04. The topological polar surface area (TPSA) is 12.0 Å². The maximum Gasteiger partial charge on any atom is 0.00683 e. The number of hydrogen-bond donors (Lipinski definition) is 1. The summed E-state index contributed by atoms with van der Waals surface area (Å²) in [4.78, 5) is 0. The van der Waals surface area contributed by atoms with E-state index in [-0.39, 0.29) is 0 Å². The second kappa shape index (κ2) is 5.73. The van der Waals surface area contributed by atoms with Gasteiger partial charge in [-0.25, -0.2) is 0 Å². The van der Waals surface area contributed by atoms with E-state index in [1.54, 1.807) is 0 Å². The summed E-state index contributed by atoms with van der Waals surface area (Å²) in [5.41, 5.74) is 0.520. The van der Waals surface area contributed by atoms with Gasteiger partial charge in [0.05, 0.1) is 0 Å². The van der Waals surface area contributed by atoms with E-state index >= 15 is 0 Å². The van der Waals surface area contributed by atoms with Gasteiger partial charge in [-0.1, -0.05) is 40.0 Å². The van der Waals surface area contributed by atoms with E-state index < -0.39 is 0 Å². The Morgan fingerprint density at radius 1 is 0.941 bits per heavy atom. The van der Waals surface area contributed by atoms with Crippen LogP contribution in [-0.2, 0) is 0 Å². The van der Waals surface area contributed by atoms with Gasteiger partial charge in [0.1, 0.15) is 0 Å². The number of hydrogen-bond acceptors (Lipinski definition) is 1. The molecule has 2 aliphatic carbocycles. The van der Waals surface area contributed by atoms with Crippen molar-refractivity contribution >= 4 is 0 Å². The fourth-order valence-corrected chi connectivity index (χ4v) is 3.16. The van der Waals surface area contributed by atoms with Gasteiger partial charge >= 0.3 is 0 Å². The third kappa shape index (κ3) is 4.99. The van der Waals surface area contributed by atoms with Gasteiger partial charge in [0.15, 0.2) is 0 Å². The molecule has 2 saturated carbocycles. The van der Waals surface area contributed by atoms with Gasteiger partial charge in [-0.3, -0.25) is 0 Å². The molecule has 0 heterocycles. The first-order valence-corrected chi connectivity index (χ1v) is 7.78. The number of rotatable bonds is 5. The molecule has 0 aromatic heterocycles. The summed E-state index contributed by atoms with van der Waals surface area (Å²) in [7, 11) is 0. The minimum atomic E-state index is 0.520. The molecule has 100 valence electrons. The molecule has 2 rings (SSSR count). The van der Waals surface area contributed by atoms with Gasteiger partial charge in [0.25, 0.3) is 0 Å². The highest BCUT2D eigenvalue weighted by Gasteiger charge is 2.28. The highest BCUT2D eigenvalue weighted by molar-refractivity contribution is 4.85. The fourth-order valence-electron chi connectivity index (χ4n) is 3.16. The van der Waals surface area contributed by atoms with Crippen LogP contribution in [0.2, 0.25) is 0 Å². The average Bonchev–Trinajstić information content (AvgIpc) is 3.07. The van der Waals surface area contributed by atoms with Crippen LogP contribution in [0.1, 0.15) is 72.1 Å². The summed E-state index contributed by atoms with van der Waals surface area (Å²) in [6.07, 6.45) is 11.6. The van der Waals surface area contributed by atoms with Crippen LogP contribution in [0.15, 0.2) is 0 Å². The van der Waals surface area contributed by atoms with Crippen LogP contribution in [0.25, 0.3) is 0 Å². The largest absolute Gasteiger partial charge is 0.314 e. The summed E-state index contributed by atoms with van der Waals surface area (Å²) in [6.45, 7) is 8.45. The zero-order valence-corrected chi connectivity index (χ0v) is 12.1. The van der Waals surface area contributed by atoms with E-state index in [9.17, 15) is 0 Å². The van der Waals surface area contributed by atoms with Gasteiger partial charge < -0.3 is 5.32 Å². The zero-order valence-electron chi connectivity index (χ0n) is 12.1. The lowest BCUT2D eigenvalue weighted by Gasteiger charge is -2.33. The van der Waals surface area contributed by atoms with Gasteiger partial charge in [-0.15, -0.1) is 0 Å². The van der Waals surface area contributed by atoms with Crippen molar-refractivity contribution in [1.29, 1.82) is 0 Å². The Bertz CT molecular complexity index is 224. The van der Waals surface area contributed by atoms with Gasteiger partial charge in [-0.2, -0.15) is 0 Å². The molecule has 0 aromatic carbocycles. The Labute approximate surface area is 108 Å². The van der Waals surface area contributed by atoms with Crippen LogP contribution >= 0.6 is 0 Å². The third-order valence-electron chi connectivity index (χ3n) is 4.58. The maximum atomic E-state index is 3.75. The predicted octanol–water partition coefficient (Wildman–Crippen LogP) is 4.37. The molecular weight excluding hydrogens is 206 g/mol. The van der Waals surface area contributed by atoms with Gasteiger partial charge in [-0.05, 0) is 55.9 Å². The molecule has 0 radical (unpaired) electrons. The van der Waals surface area contributed by atoms with Crippen molar-refractivity contribution in [3.63, 3.8) is 0 Å². The molecule has 0 bridgehead atoms. The molecule has 0 aliphatic heterocycles. The van der Waals surface area contributed by atoms with E-state index in [0.717, 1.165) is 17.9 Å². The summed E-state index contributed by atoms with van der Waals surface area (Å²) in [5, 5.41) is 3.75. The summed E-state index contributed by atoms with van der Waals surface area (Å²) in [5.74, 6) is 1.99. The summed E-state index contributed by atoms with van der Waals surface area (Å²) >= 11 is 0. The Morgan fingerprint density at radius 2 is 1.59 bits per heavy atom. The molecule has 2 unspecified atom stereocenters. The molecule has 0 spiro atoms. The van der Waals surface area contributed by atoms with Crippen molar-refractivity contribution in [2.75, 3.05) is 6.54 Å². The van der Waals surface area contributed by atoms with Crippen molar-refractivity contribution in [2.45, 2.75) is 78.2 Å². The molecule has 2 atom stereocenters. The molecule has 0 amide bonds. The van der Waals surface area contributed by atoms with Crippen molar-refractivity contribution in [1.82, 2.24) is 5.32 Å². The first kappa shape index (κ1) is 13.4. The molecule has 17 heavy (non-hydrogen) atoms. The monoisotopic (exact) mass is 237 g/mol. The second-order valence-electron chi connectivity index (χ2n) is 7.59. The van der Waals surface area contributed by atoms with Gasteiger partial charge in [0.2, 0.25) is 0 Å². The summed E-state index contributed by atoms with van der Waals surface area (Å²) in [6, 6.07) is 0.889. The van der Waals surface area contributed by atoms with Crippen LogP contribution in [-0.4, -0.2) is 12.6 Å². The lowest BCUT2D eigenvalue weighted by Crippen LogP contribution is -2.32. The van der Waals surface area contributed by atoms with E-state index in [2.05, 4.69) is 26.1 Å². The second-order valence-corrected chi connectivity index (χ2v) is 7.59. The lowest BCUT2D eigenvalue weighted by atomic mass is 9.74. The Hall–Kier alpha value is -0.0400. The van der Waals surface area contributed by atoms with Crippen molar-refractivity contribution in [3.8, 4) is 0 Å². The van der Waals surface area contributed by atoms with Crippen LogP contribution in [0, 0.1) is 17.3 Å². The lowest BCUT2D eigenvalue weighted by molar-refractivity contribution is 0.192. The smallest absolute Gasteiger partial charge is 0.00683 e. The molecule has 2 aliphatic rings. The highest BCUT2D eigenvalue weighted by Crippen LogP contribution is 2.36. The van der Waals surface area contributed by atoms with Crippen molar-refractivity contribution in [3.05, 3.63) is 0 Å². The molecule has 2 fully saturated rings. The fraction of sp³-hybridized carbons (Fsp3) is 1.00. The molecular formula is C16H31N. The van der Waals surface area contributed by atoms with Crippen LogP contribution < -0.4 is 5.32 Å². The Balaban J connectivity index is 1.74. The molecule has 0 aromatic rings. The molecule has 0 saturated heterocycles. The first-order valence-electron chi connectivity index (χ1n) is 7.78. The van der Waals surface area contributed by atoms with Crippen molar-refractivity contribution in [2.24, 2.45) is 17.3 Å². The normalized spacial score (nSPS) is 30.5. The maximum absolute atomic E-state index is 3.75. The third-order valence-corrected chi connectivity index (χ3v) is 4.58. The molecule has 1 heteroatoms. The Kier molecular flexibility index (Phi) is 4.52. The van der Waals surface area contributed by atoms with E-state index in [1.807, 2.05) is 0 Å². The molecule has 1 nitrogen and oxygen atoms in total. The van der Waals surface area contributed by atoms with Crippen LogP contribution in [0.3, 0.4) is 0 Å². The Morgan fingerprint density at radius 3 is 2.18 bits per heavy atom. The molecule has 1 N–H and O–H groups in total. The van der Waals surface area contributed by atoms with E-state index in [1.165, 1.54) is 57.9 Å². The zero-order chi connectivity index (χ0) is 12.3. The van der Waals surface area contributed by atoms with Crippen molar-refractivity contribution < 1.29 is 0 Å².